The molecule has 0 radical (unpaired) electrons. The summed E-state index contributed by atoms with van der Waals surface area (Å²) in [6.45, 7) is 0. The van der Waals surface area contributed by atoms with Crippen LogP contribution in [0.2, 0.25) is 0 Å². The van der Waals surface area contributed by atoms with E-state index in [2.05, 4.69) is 10.2 Å². The molecule has 0 saturated carbocycles. The van der Waals surface area contributed by atoms with Crippen LogP contribution in [0.3, 0.4) is 0 Å². The zero-order valence-corrected chi connectivity index (χ0v) is 7.88. The van der Waals surface area contributed by atoms with Crippen molar-refractivity contribution in [3.05, 3.63) is 42.1 Å². The first-order valence-corrected chi connectivity index (χ1v) is 4.39. The molecule has 1 aromatic carbocycles. The summed E-state index contributed by atoms with van der Waals surface area (Å²) in [5, 5.41) is 16.5. The molecule has 72 valence electrons. The Hall–Kier alpha value is -2.41. The van der Waals surface area contributed by atoms with Crippen LogP contribution in [0.5, 0.6) is 0 Å². The molecule has 0 saturated heterocycles. The van der Waals surface area contributed by atoms with E-state index >= 15 is 0 Å². The minimum Gasteiger partial charge on any atom is -0.396 e. The van der Waals surface area contributed by atoms with Crippen LogP contribution in [-0.4, -0.2) is 10.2 Å². The van der Waals surface area contributed by atoms with Gasteiger partial charge >= 0.3 is 0 Å². The third kappa shape index (κ3) is 1.63. The van der Waals surface area contributed by atoms with Crippen molar-refractivity contribution in [2.24, 2.45) is 0 Å². The maximum Gasteiger partial charge on any atom is 0.117 e. The van der Waals surface area contributed by atoms with Gasteiger partial charge < -0.3 is 5.73 Å². The molecule has 2 rings (SSSR count). The van der Waals surface area contributed by atoms with E-state index in [1.807, 2.05) is 36.4 Å². The molecular formula is C11H8N4. The summed E-state index contributed by atoms with van der Waals surface area (Å²) >= 11 is 0. The number of aromatic nitrogens is 2. The molecular weight excluding hydrogens is 188 g/mol. The lowest BCUT2D eigenvalue weighted by molar-refractivity contribution is 1.03. The van der Waals surface area contributed by atoms with Crippen LogP contribution in [0.1, 0.15) is 5.56 Å². The molecule has 1 aromatic heterocycles. The average Bonchev–Trinajstić information content (AvgIpc) is 2.30. The molecule has 0 aliphatic heterocycles. The zero-order chi connectivity index (χ0) is 10.7. The molecule has 0 unspecified atom stereocenters. The Labute approximate surface area is 87.0 Å². The van der Waals surface area contributed by atoms with Gasteiger partial charge in [-0.15, -0.1) is 5.10 Å². The van der Waals surface area contributed by atoms with E-state index in [0.29, 0.717) is 16.9 Å². The SMILES string of the molecule is N#Cc1cnnc(-c2ccccc2)c1N. The van der Waals surface area contributed by atoms with Crippen molar-refractivity contribution in [3.63, 3.8) is 0 Å². The van der Waals surface area contributed by atoms with E-state index in [1.165, 1.54) is 6.20 Å². The number of nitrogens with zero attached hydrogens (tertiary/aromatic N) is 3. The van der Waals surface area contributed by atoms with Crippen molar-refractivity contribution >= 4 is 5.69 Å². The lowest BCUT2D eigenvalue weighted by Gasteiger charge is -2.03. The molecule has 4 heteroatoms. The normalized spacial score (nSPS) is 9.53. The molecule has 0 bridgehead atoms. The van der Waals surface area contributed by atoms with E-state index in [4.69, 9.17) is 11.0 Å². The van der Waals surface area contributed by atoms with Crippen molar-refractivity contribution in [3.8, 4) is 17.3 Å². The van der Waals surface area contributed by atoms with Gasteiger partial charge in [-0.1, -0.05) is 30.3 Å². The first kappa shape index (κ1) is 9.16. The van der Waals surface area contributed by atoms with Crippen molar-refractivity contribution in [2.75, 3.05) is 5.73 Å². The zero-order valence-electron chi connectivity index (χ0n) is 7.88. The second-order valence-electron chi connectivity index (χ2n) is 3.00. The van der Waals surface area contributed by atoms with Crippen LogP contribution in [0.4, 0.5) is 5.69 Å². The molecule has 0 amide bonds. The second-order valence-corrected chi connectivity index (χ2v) is 3.00. The van der Waals surface area contributed by atoms with Gasteiger partial charge in [-0.3, -0.25) is 0 Å². The molecule has 2 N–H and O–H groups in total. The highest BCUT2D eigenvalue weighted by molar-refractivity contribution is 5.75. The number of anilines is 1. The fraction of sp³-hybridized carbons (Fsp3) is 0. The first-order chi connectivity index (χ1) is 7.33. The molecule has 15 heavy (non-hydrogen) atoms. The fourth-order valence-corrected chi connectivity index (χ4v) is 1.29. The van der Waals surface area contributed by atoms with E-state index in [-0.39, 0.29) is 0 Å². The lowest BCUT2D eigenvalue weighted by Crippen LogP contribution is -1.98. The molecule has 0 spiro atoms. The van der Waals surface area contributed by atoms with Crippen LogP contribution in [-0.2, 0) is 0 Å². The van der Waals surface area contributed by atoms with Crippen LogP contribution < -0.4 is 5.73 Å². The average molecular weight is 196 g/mol. The van der Waals surface area contributed by atoms with Crippen molar-refractivity contribution in [2.45, 2.75) is 0 Å². The van der Waals surface area contributed by atoms with Crippen LogP contribution >= 0.6 is 0 Å². The Bertz CT molecular complexity index is 514. The maximum absolute atomic E-state index is 8.79. The van der Waals surface area contributed by atoms with Crippen LogP contribution in [0.25, 0.3) is 11.3 Å². The van der Waals surface area contributed by atoms with Gasteiger partial charge in [0.05, 0.1) is 17.4 Å². The Morgan fingerprint density at radius 2 is 1.93 bits per heavy atom. The van der Waals surface area contributed by atoms with Crippen LogP contribution in [0.15, 0.2) is 36.5 Å². The van der Waals surface area contributed by atoms with Gasteiger partial charge in [0.15, 0.2) is 0 Å². The Kier molecular flexibility index (Phi) is 2.30. The van der Waals surface area contributed by atoms with E-state index < -0.39 is 0 Å². The predicted octanol–water partition coefficient (Wildman–Crippen LogP) is 1.60. The summed E-state index contributed by atoms with van der Waals surface area (Å²) in [5.41, 5.74) is 7.94. The highest BCUT2D eigenvalue weighted by Gasteiger charge is 2.08. The van der Waals surface area contributed by atoms with Crippen molar-refractivity contribution in [1.82, 2.24) is 10.2 Å². The van der Waals surface area contributed by atoms with Gasteiger partial charge in [-0.05, 0) is 0 Å². The monoisotopic (exact) mass is 196 g/mol. The number of nitriles is 1. The largest absolute Gasteiger partial charge is 0.396 e. The van der Waals surface area contributed by atoms with Crippen molar-refractivity contribution < 1.29 is 0 Å². The molecule has 0 fully saturated rings. The summed E-state index contributed by atoms with van der Waals surface area (Å²) in [7, 11) is 0. The van der Waals surface area contributed by atoms with Crippen molar-refractivity contribution in [1.29, 1.82) is 5.26 Å². The Morgan fingerprint density at radius 1 is 1.20 bits per heavy atom. The smallest absolute Gasteiger partial charge is 0.117 e. The minimum atomic E-state index is 0.351. The standard InChI is InChI=1S/C11H8N4/c12-6-9-7-14-15-11(10(9)13)8-4-2-1-3-5-8/h1-5,7H,(H2,13,14). The highest BCUT2D eigenvalue weighted by Crippen LogP contribution is 2.24. The maximum atomic E-state index is 8.79. The summed E-state index contributed by atoms with van der Waals surface area (Å²) in [6.07, 6.45) is 1.36. The number of nitrogen functional groups attached to an aromatic ring is 1. The van der Waals surface area contributed by atoms with E-state index in [9.17, 15) is 0 Å². The van der Waals surface area contributed by atoms with Gasteiger partial charge in [0.1, 0.15) is 11.8 Å². The summed E-state index contributed by atoms with van der Waals surface area (Å²) < 4.78 is 0. The van der Waals surface area contributed by atoms with Gasteiger partial charge in [-0.25, -0.2) is 0 Å². The summed E-state index contributed by atoms with van der Waals surface area (Å²) in [4.78, 5) is 0. The lowest BCUT2D eigenvalue weighted by atomic mass is 10.1. The number of benzene rings is 1. The topological polar surface area (TPSA) is 75.6 Å². The fourth-order valence-electron chi connectivity index (χ4n) is 1.29. The first-order valence-electron chi connectivity index (χ1n) is 4.39. The molecule has 0 aliphatic carbocycles. The number of rotatable bonds is 1. The Morgan fingerprint density at radius 3 is 2.60 bits per heavy atom. The Balaban J connectivity index is 2.61. The second kappa shape index (κ2) is 3.76. The van der Waals surface area contributed by atoms with E-state index in [1.54, 1.807) is 0 Å². The molecule has 4 nitrogen and oxygen atoms in total. The molecule has 0 atom stereocenters. The highest BCUT2D eigenvalue weighted by atomic mass is 15.1. The third-order valence-corrected chi connectivity index (χ3v) is 2.06. The summed E-state index contributed by atoms with van der Waals surface area (Å²) in [6, 6.07) is 11.4. The van der Waals surface area contributed by atoms with Gasteiger partial charge in [0, 0.05) is 5.56 Å². The molecule has 0 aliphatic rings. The van der Waals surface area contributed by atoms with Crippen LogP contribution in [0, 0.1) is 11.3 Å². The third-order valence-electron chi connectivity index (χ3n) is 2.06. The quantitative estimate of drug-likeness (QED) is 0.751. The predicted molar refractivity (Wildman–Crippen MR) is 56.6 cm³/mol. The van der Waals surface area contributed by atoms with E-state index in [0.717, 1.165) is 5.56 Å². The number of nitrogens with two attached hydrogens (primary N) is 1. The molecule has 2 aromatic rings. The van der Waals surface area contributed by atoms with Gasteiger partial charge in [0.2, 0.25) is 0 Å². The van der Waals surface area contributed by atoms with Gasteiger partial charge in [-0.2, -0.15) is 10.4 Å². The molecule has 1 heterocycles. The van der Waals surface area contributed by atoms with Gasteiger partial charge in [0.25, 0.3) is 0 Å². The number of hydrogen-bond acceptors (Lipinski definition) is 4. The minimum absolute atomic E-state index is 0.351. The summed E-state index contributed by atoms with van der Waals surface area (Å²) in [5.74, 6) is 0. The number of hydrogen-bond donors (Lipinski definition) is 1.